The van der Waals surface area contributed by atoms with Crippen molar-refractivity contribution >= 4 is 42.0 Å². The van der Waals surface area contributed by atoms with Gasteiger partial charge in [0.1, 0.15) is 0 Å². The molecule has 0 bridgehead atoms. The average molecular weight is 474 g/mol. The van der Waals surface area contributed by atoms with Gasteiger partial charge in [-0.3, -0.25) is 9.62 Å². The molecule has 3 aromatic carbocycles. The Morgan fingerprint density at radius 2 is 1.53 bits per heavy atom. The second-order valence-corrected chi connectivity index (χ2v) is 12.2. The lowest BCUT2D eigenvalue weighted by Gasteiger charge is -2.26. The third-order valence-corrected chi connectivity index (χ3v) is 8.73. The fraction of sp³-hybridized carbons (Fsp3) is 0.304. The van der Waals surface area contributed by atoms with Gasteiger partial charge >= 0.3 is 0 Å². The molecule has 9 heteroatoms. The quantitative estimate of drug-likeness (QED) is 0.592. The van der Waals surface area contributed by atoms with Crippen LogP contribution in [0.3, 0.4) is 0 Å². The molecule has 1 saturated heterocycles. The molecule has 0 aliphatic carbocycles. The van der Waals surface area contributed by atoms with Crippen molar-refractivity contribution in [1.29, 1.82) is 0 Å². The molecule has 7 nitrogen and oxygen atoms in total. The Balaban J connectivity index is 1.52. The summed E-state index contributed by atoms with van der Waals surface area (Å²) in [5, 5.41) is 1.54. The maximum atomic E-state index is 13.2. The molecule has 0 unspecified atom stereocenters. The lowest BCUT2D eigenvalue weighted by atomic mass is 10.1. The Kier molecular flexibility index (Phi) is 6.15. The number of hydrogen-bond donors (Lipinski definition) is 1. The van der Waals surface area contributed by atoms with E-state index in [-0.39, 0.29) is 16.4 Å². The van der Waals surface area contributed by atoms with Gasteiger partial charge in [-0.1, -0.05) is 36.4 Å². The molecule has 0 spiro atoms. The first kappa shape index (κ1) is 22.6. The Bertz CT molecular complexity index is 1320. The van der Waals surface area contributed by atoms with E-state index >= 15 is 0 Å². The van der Waals surface area contributed by atoms with Crippen LogP contribution in [0.25, 0.3) is 10.8 Å². The monoisotopic (exact) mass is 473 g/mol. The van der Waals surface area contributed by atoms with Crippen molar-refractivity contribution in [2.45, 2.75) is 11.4 Å². The molecule has 1 heterocycles. The van der Waals surface area contributed by atoms with Crippen molar-refractivity contribution in [2.24, 2.45) is 0 Å². The van der Waals surface area contributed by atoms with Crippen LogP contribution in [0.4, 0.5) is 11.4 Å². The van der Waals surface area contributed by atoms with Crippen LogP contribution in [0.2, 0.25) is 0 Å². The van der Waals surface area contributed by atoms with Crippen molar-refractivity contribution in [1.82, 2.24) is 4.90 Å². The SMILES string of the molecule is CN(C)c1cccc2c(S(=O)(=O)Nc3ccc(CN4CCS(=O)(=O)CC4)cc3)cccc12. The van der Waals surface area contributed by atoms with Crippen molar-refractivity contribution in [3.8, 4) is 0 Å². The zero-order chi connectivity index (χ0) is 22.9. The molecule has 1 aliphatic rings. The third kappa shape index (κ3) is 4.90. The summed E-state index contributed by atoms with van der Waals surface area (Å²) in [4.78, 5) is 4.29. The lowest BCUT2D eigenvalue weighted by Crippen LogP contribution is -2.39. The highest BCUT2D eigenvalue weighted by Crippen LogP contribution is 2.31. The number of fused-ring (bicyclic) bond motifs is 1. The van der Waals surface area contributed by atoms with Crippen LogP contribution in [0.1, 0.15) is 5.56 Å². The minimum Gasteiger partial charge on any atom is -0.377 e. The van der Waals surface area contributed by atoms with Gasteiger partial charge in [-0.2, -0.15) is 0 Å². The highest BCUT2D eigenvalue weighted by molar-refractivity contribution is 7.93. The molecule has 1 fully saturated rings. The molecule has 0 radical (unpaired) electrons. The van der Waals surface area contributed by atoms with Gasteiger partial charge in [0, 0.05) is 55.9 Å². The summed E-state index contributed by atoms with van der Waals surface area (Å²) in [6.07, 6.45) is 0. The van der Waals surface area contributed by atoms with Crippen molar-refractivity contribution in [2.75, 3.05) is 48.3 Å². The fourth-order valence-electron chi connectivity index (χ4n) is 3.94. The number of rotatable bonds is 6. The smallest absolute Gasteiger partial charge is 0.262 e. The number of nitrogens with zero attached hydrogens (tertiary/aromatic N) is 2. The Morgan fingerprint density at radius 3 is 2.19 bits per heavy atom. The van der Waals surface area contributed by atoms with Gasteiger partial charge in [0.05, 0.1) is 16.4 Å². The maximum absolute atomic E-state index is 13.2. The van der Waals surface area contributed by atoms with Crippen LogP contribution < -0.4 is 9.62 Å². The maximum Gasteiger partial charge on any atom is 0.262 e. The highest BCUT2D eigenvalue weighted by Gasteiger charge is 2.22. The minimum absolute atomic E-state index is 0.186. The van der Waals surface area contributed by atoms with Gasteiger partial charge in [0.2, 0.25) is 0 Å². The fourth-order valence-corrected chi connectivity index (χ4v) is 6.50. The molecule has 0 amide bonds. The van der Waals surface area contributed by atoms with Crippen LogP contribution in [0, 0.1) is 0 Å². The molecule has 0 aromatic heterocycles. The van der Waals surface area contributed by atoms with Crippen molar-refractivity contribution in [3.63, 3.8) is 0 Å². The number of sulfonamides is 1. The molecule has 0 atom stereocenters. The van der Waals surface area contributed by atoms with Gasteiger partial charge in [-0.15, -0.1) is 0 Å². The predicted molar refractivity (Wildman–Crippen MR) is 129 cm³/mol. The predicted octanol–water partition coefficient (Wildman–Crippen LogP) is 2.94. The molecular weight excluding hydrogens is 446 g/mol. The van der Waals surface area contributed by atoms with E-state index < -0.39 is 19.9 Å². The third-order valence-electron chi connectivity index (χ3n) is 5.68. The van der Waals surface area contributed by atoms with Crippen molar-refractivity contribution < 1.29 is 16.8 Å². The summed E-state index contributed by atoms with van der Waals surface area (Å²) in [6, 6.07) is 18.1. The minimum atomic E-state index is -3.78. The number of nitrogens with one attached hydrogen (secondary N) is 1. The van der Waals surface area contributed by atoms with Gasteiger partial charge in [0.25, 0.3) is 10.0 Å². The highest BCUT2D eigenvalue weighted by atomic mass is 32.2. The van der Waals surface area contributed by atoms with Crippen LogP contribution in [0.15, 0.2) is 65.6 Å². The second kappa shape index (κ2) is 8.73. The van der Waals surface area contributed by atoms with E-state index in [1.807, 2.05) is 55.4 Å². The van der Waals surface area contributed by atoms with E-state index in [2.05, 4.69) is 9.62 Å². The summed E-state index contributed by atoms with van der Waals surface area (Å²) in [5.74, 6) is 0.372. The van der Waals surface area contributed by atoms with Gasteiger partial charge in [-0.25, -0.2) is 16.8 Å². The first-order valence-electron chi connectivity index (χ1n) is 10.4. The molecular formula is C23H27N3O4S2. The average Bonchev–Trinajstić information content (AvgIpc) is 2.75. The molecule has 3 aromatic rings. The largest absolute Gasteiger partial charge is 0.377 e. The van der Waals surface area contributed by atoms with Gasteiger partial charge in [-0.05, 0) is 29.8 Å². The van der Waals surface area contributed by atoms with E-state index in [1.54, 1.807) is 24.3 Å². The van der Waals surface area contributed by atoms with Crippen LogP contribution >= 0.6 is 0 Å². The Morgan fingerprint density at radius 1 is 0.906 bits per heavy atom. The van der Waals surface area contributed by atoms with E-state index in [1.165, 1.54) is 0 Å². The first-order chi connectivity index (χ1) is 15.1. The summed E-state index contributed by atoms with van der Waals surface area (Å²) >= 11 is 0. The summed E-state index contributed by atoms with van der Waals surface area (Å²) in [5.41, 5.74) is 2.44. The van der Waals surface area contributed by atoms with Crippen LogP contribution in [-0.4, -0.2) is 60.4 Å². The molecule has 1 aliphatic heterocycles. The van der Waals surface area contributed by atoms with Crippen LogP contribution in [-0.2, 0) is 26.4 Å². The Hall–Kier alpha value is -2.62. The topological polar surface area (TPSA) is 86.8 Å². The lowest BCUT2D eigenvalue weighted by molar-refractivity contribution is 0.287. The standard InChI is InChI=1S/C23H27N3O4S2/c1-25(2)22-7-3-6-21-20(22)5-4-8-23(21)32(29,30)24-19-11-9-18(10-12-19)17-26-13-15-31(27,28)16-14-26/h3-12,24H,13-17H2,1-2H3. The van der Waals surface area contributed by atoms with Gasteiger partial charge < -0.3 is 4.90 Å². The molecule has 1 N–H and O–H groups in total. The number of hydrogen-bond acceptors (Lipinski definition) is 6. The van der Waals surface area contributed by atoms with Crippen LogP contribution in [0.5, 0.6) is 0 Å². The summed E-state index contributed by atoms with van der Waals surface area (Å²) < 4.78 is 52.2. The van der Waals surface area contributed by atoms with Crippen molar-refractivity contribution in [3.05, 3.63) is 66.2 Å². The zero-order valence-corrected chi connectivity index (χ0v) is 19.8. The van der Waals surface area contributed by atoms with E-state index in [9.17, 15) is 16.8 Å². The second-order valence-electron chi connectivity index (χ2n) is 8.25. The normalized spacial score (nSPS) is 16.7. The molecule has 4 rings (SSSR count). The molecule has 170 valence electrons. The van der Waals surface area contributed by atoms with Gasteiger partial charge in [0.15, 0.2) is 9.84 Å². The number of anilines is 2. The first-order valence-corrected chi connectivity index (χ1v) is 13.7. The molecule has 32 heavy (non-hydrogen) atoms. The van der Waals surface area contributed by atoms with E-state index in [0.29, 0.717) is 30.7 Å². The number of sulfone groups is 1. The molecule has 0 saturated carbocycles. The van der Waals surface area contributed by atoms with E-state index in [4.69, 9.17) is 0 Å². The number of benzene rings is 3. The summed E-state index contributed by atoms with van der Waals surface area (Å²) in [7, 11) is -2.83. The Labute approximate surface area is 189 Å². The summed E-state index contributed by atoms with van der Waals surface area (Å²) in [6.45, 7) is 1.68. The zero-order valence-electron chi connectivity index (χ0n) is 18.2. The van der Waals surface area contributed by atoms with E-state index in [0.717, 1.165) is 16.6 Å².